The predicted octanol–water partition coefficient (Wildman–Crippen LogP) is 2.57. The average molecular weight is 360 g/mol. The molecule has 1 aromatic rings. The smallest absolute Gasteiger partial charge is 0.404 e. The lowest BCUT2D eigenvalue weighted by atomic mass is 9.79. The largest absolute Gasteiger partial charge is 0.465 e. The van der Waals surface area contributed by atoms with Crippen LogP contribution in [0, 0.1) is 17.2 Å². The van der Waals surface area contributed by atoms with Crippen molar-refractivity contribution in [3.63, 3.8) is 0 Å². The Balaban J connectivity index is 1.79. The van der Waals surface area contributed by atoms with Crippen LogP contribution in [0.15, 0.2) is 18.2 Å². The molecule has 142 valence electrons. The number of carbonyl (C=O) groups is 1. The van der Waals surface area contributed by atoms with Gasteiger partial charge in [0.2, 0.25) is 0 Å². The average Bonchev–Trinajstić information content (AvgIpc) is 2.61. The van der Waals surface area contributed by atoms with E-state index in [0.29, 0.717) is 23.9 Å². The fraction of sp³-hybridized carbons (Fsp3) is 0.632. The van der Waals surface area contributed by atoms with Gasteiger partial charge in [0.05, 0.1) is 5.69 Å². The molecule has 1 aliphatic carbocycles. The molecule has 1 atom stereocenters. The minimum atomic E-state index is -0.946. The highest BCUT2D eigenvalue weighted by molar-refractivity contribution is 5.64. The van der Waals surface area contributed by atoms with Crippen molar-refractivity contribution >= 4 is 6.09 Å². The number of rotatable bonds is 7. The van der Waals surface area contributed by atoms with Crippen molar-refractivity contribution < 1.29 is 15.0 Å². The molecule has 1 heterocycles. The van der Waals surface area contributed by atoms with Gasteiger partial charge in [-0.05, 0) is 64.0 Å². The van der Waals surface area contributed by atoms with E-state index < -0.39 is 12.2 Å². The van der Waals surface area contributed by atoms with Gasteiger partial charge in [-0.2, -0.15) is 5.26 Å². The summed E-state index contributed by atoms with van der Waals surface area (Å²) in [6, 6.07) is 7.10. The number of β-amino-alcohol motifs (C(OH)–C–C–N with tert-alkyl or cyclic N) is 1. The second-order valence-electron chi connectivity index (χ2n) is 7.71. The number of hydrogen-bond donors (Lipinski definition) is 4. The number of amides is 1. The molecule has 0 aromatic carbocycles. The molecule has 1 aromatic heterocycles. The zero-order chi connectivity index (χ0) is 19.2. The van der Waals surface area contributed by atoms with E-state index in [9.17, 15) is 9.90 Å². The lowest BCUT2D eigenvalue weighted by molar-refractivity contribution is 0.145. The summed E-state index contributed by atoms with van der Waals surface area (Å²) in [5.41, 5.74) is 0.645. The van der Waals surface area contributed by atoms with Crippen molar-refractivity contribution in [2.75, 3.05) is 6.54 Å². The van der Waals surface area contributed by atoms with Gasteiger partial charge in [-0.25, -0.2) is 9.78 Å². The van der Waals surface area contributed by atoms with Gasteiger partial charge >= 0.3 is 6.09 Å². The highest BCUT2D eigenvalue weighted by Crippen LogP contribution is 2.31. The summed E-state index contributed by atoms with van der Waals surface area (Å²) in [5, 5.41) is 34.0. The quantitative estimate of drug-likeness (QED) is 0.593. The number of carboxylic acid groups (broad SMARTS) is 1. The predicted molar refractivity (Wildman–Crippen MR) is 97.5 cm³/mol. The molecule has 0 saturated heterocycles. The summed E-state index contributed by atoms with van der Waals surface area (Å²) in [4.78, 5) is 14.8. The Morgan fingerprint density at radius 3 is 2.69 bits per heavy atom. The van der Waals surface area contributed by atoms with Gasteiger partial charge in [0.1, 0.15) is 17.9 Å². The van der Waals surface area contributed by atoms with Gasteiger partial charge < -0.3 is 20.8 Å². The SMILES string of the molecule is CC(C)(CC1CCC(NC(=O)O)CC1)NC[C@@H](O)c1cccc(C#N)n1. The van der Waals surface area contributed by atoms with Gasteiger partial charge in [0.15, 0.2) is 0 Å². The zero-order valence-electron chi connectivity index (χ0n) is 15.4. The first-order chi connectivity index (χ1) is 12.3. The van der Waals surface area contributed by atoms with Crippen LogP contribution in [0.4, 0.5) is 4.79 Å². The van der Waals surface area contributed by atoms with Crippen LogP contribution >= 0.6 is 0 Å². The van der Waals surface area contributed by atoms with Crippen LogP contribution in [-0.4, -0.2) is 39.4 Å². The third kappa shape index (κ3) is 6.28. The van der Waals surface area contributed by atoms with E-state index >= 15 is 0 Å². The number of pyridine rings is 1. The second kappa shape index (κ2) is 8.97. The first kappa shape index (κ1) is 20.1. The Hall–Kier alpha value is -2.17. The Kier molecular flexibility index (Phi) is 6.95. The van der Waals surface area contributed by atoms with Crippen LogP contribution in [0.25, 0.3) is 0 Å². The van der Waals surface area contributed by atoms with Gasteiger partial charge in [0, 0.05) is 18.1 Å². The number of aliphatic hydroxyl groups excluding tert-OH is 1. The molecule has 1 amide bonds. The Morgan fingerprint density at radius 1 is 1.38 bits per heavy atom. The normalized spacial score (nSPS) is 21.6. The van der Waals surface area contributed by atoms with E-state index in [0.717, 1.165) is 32.1 Å². The van der Waals surface area contributed by atoms with E-state index in [-0.39, 0.29) is 11.6 Å². The van der Waals surface area contributed by atoms with Gasteiger partial charge in [-0.15, -0.1) is 0 Å². The molecule has 0 radical (unpaired) electrons. The molecule has 7 heteroatoms. The molecule has 1 aliphatic rings. The molecule has 0 bridgehead atoms. The molecule has 0 spiro atoms. The van der Waals surface area contributed by atoms with E-state index in [1.807, 2.05) is 6.07 Å². The zero-order valence-corrected chi connectivity index (χ0v) is 15.4. The maximum Gasteiger partial charge on any atom is 0.404 e. The van der Waals surface area contributed by atoms with Crippen LogP contribution in [0.1, 0.15) is 63.4 Å². The molecule has 7 nitrogen and oxygen atoms in total. The van der Waals surface area contributed by atoms with E-state index in [4.69, 9.17) is 10.4 Å². The molecular formula is C19H28N4O3. The number of nitrogens with zero attached hydrogens (tertiary/aromatic N) is 2. The van der Waals surface area contributed by atoms with Crippen molar-refractivity contribution in [3.8, 4) is 6.07 Å². The Bertz CT molecular complexity index is 648. The van der Waals surface area contributed by atoms with E-state index in [2.05, 4.69) is 29.5 Å². The second-order valence-corrected chi connectivity index (χ2v) is 7.71. The topological polar surface area (TPSA) is 118 Å². The Labute approximate surface area is 154 Å². The van der Waals surface area contributed by atoms with Crippen molar-refractivity contribution in [1.82, 2.24) is 15.6 Å². The van der Waals surface area contributed by atoms with Crippen LogP contribution in [0.5, 0.6) is 0 Å². The van der Waals surface area contributed by atoms with Crippen molar-refractivity contribution in [2.45, 2.75) is 63.6 Å². The standard InChI is InChI=1S/C19H28N4O3/c1-19(2,10-13-6-8-14(9-7-13)23-18(25)26)21-12-17(24)16-5-3-4-15(11-20)22-16/h3-5,13-14,17,21,23-24H,6-10,12H2,1-2H3,(H,25,26)/t13?,14?,17-/m1/s1. The van der Waals surface area contributed by atoms with E-state index in [1.165, 1.54) is 0 Å². The summed E-state index contributed by atoms with van der Waals surface area (Å²) < 4.78 is 0. The summed E-state index contributed by atoms with van der Waals surface area (Å²) in [5.74, 6) is 0.543. The van der Waals surface area contributed by atoms with Crippen LogP contribution in [-0.2, 0) is 0 Å². The third-order valence-electron chi connectivity index (χ3n) is 4.97. The monoisotopic (exact) mass is 360 g/mol. The van der Waals surface area contributed by atoms with E-state index in [1.54, 1.807) is 18.2 Å². The summed E-state index contributed by atoms with van der Waals surface area (Å²) in [6.07, 6.45) is 3.01. The molecule has 26 heavy (non-hydrogen) atoms. The molecular weight excluding hydrogens is 332 g/mol. The first-order valence-corrected chi connectivity index (χ1v) is 9.08. The first-order valence-electron chi connectivity index (χ1n) is 9.08. The fourth-order valence-corrected chi connectivity index (χ4v) is 3.66. The van der Waals surface area contributed by atoms with Crippen molar-refractivity contribution in [2.24, 2.45) is 5.92 Å². The molecule has 0 aliphatic heterocycles. The lowest BCUT2D eigenvalue weighted by Crippen LogP contribution is -2.44. The number of aromatic nitrogens is 1. The van der Waals surface area contributed by atoms with Gasteiger partial charge in [0.25, 0.3) is 0 Å². The molecule has 1 fully saturated rings. The minimum Gasteiger partial charge on any atom is -0.465 e. The number of nitrogens with one attached hydrogen (secondary N) is 2. The maximum atomic E-state index is 10.7. The summed E-state index contributed by atoms with van der Waals surface area (Å²) in [6.45, 7) is 4.59. The van der Waals surface area contributed by atoms with Crippen LogP contribution < -0.4 is 10.6 Å². The van der Waals surface area contributed by atoms with Crippen molar-refractivity contribution in [1.29, 1.82) is 5.26 Å². The summed E-state index contributed by atoms with van der Waals surface area (Å²) in [7, 11) is 0. The van der Waals surface area contributed by atoms with Crippen LogP contribution in [0.2, 0.25) is 0 Å². The number of aliphatic hydroxyl groups is 1. The lowest BCUT2D eigenvalue weighted by Gasteiger charge is -2.35. The van der Waals surface area contributed by atoms with Gasteiger partial charge in [-0.1, -0.05) is 6.07 Å². The minimum absolute atomic E-state index is 0.0696. The van der Waals surface area contributed by atoms with Crippen molar-refractivity contribution in [3.05, 3.63) is 29.6 Å². The molecule has 1 saturated carbocycles. The molecule has 4 N–H and O–H groups in total. The summed E-state index contributed by atoms with van der Waals surface area (Å²) >= 11 is 0. The van der Waals surface area contributed by atoms with Crippen LogP contribution in [0.3, 0.4) is 0 Å². The number of hydrogen-bond acceptors (Lipinski definition) is 5. The molecule has 0 unspecified atom stereocenters. The fourth-order valence-electron chi connectivity index (χ4n) is 3.66. The highest BCUT2D eigenvalue weighted by atomic mass is 16.4. The number of nitriles is 1. The highest BCUT2D eigenvalue weighted by Gasteiger charge is 2.28. The Morgan fingerprint density at radius 2 is 2.08 bits per heavy atom. The maximum absolute atomic E-state index is 10.7. The third-order valence-corrected chi connectivity index (χ3v) is 4.97. The van der Waals surface area contributed by atoms with Gasteiger partial charge in [-0.3, -0.25) is 0 Å². The molecule has 2 rings (SSSR count).